The first-order valence-corrected chi connectivity index (χ1v) is 9.13. The summed E-state index contributed by atoms with van der Waals surface area (Å²) in [5.41, 5.74) is -1.21. The molecule has 0 bridgehead atoms. The van der Waals surface area contributed by atoms with E-state index in [1.807, 2.05) is 6.92 Å². The summed E-state index contributed by atoms with van der Waals surface area (Å²) in [4.78, 5) is 28.6. The van der Waals surface area contributed by atoms with Crippen LogP contribution in [0, 0.1) is 5.82 Å². The maximum atomic E-state index is 13.3. The average molecular weight is 435 g/mol. The molecule has 0 atom stereocenters. The smallest absolute Gasteiger partial charge is 0.419 e. The molecule has 0 spiro atoms. The highest BCUT2D eigenvalue weighted by atomic mass is 19.4. The van der Waals surface area contributed by atoms with Crippen LogP contribution in [0.3, 0.4) is 0 Å². The molecular formula is C21H17F4N3O3. The van der Waals surface area contributed by atoms with Crippen molar-refractivity contribution in [2.75, 3.05) is 11.9 Å². The molecule has 1 N–H and O–H groups in total. The Kier molecular flexibility index (Phi) is 6.38. The summed E-state index contributed by atoms with van der Waals surface area (Å²) < 4.78 is 58.1. The van der Waals surface area contributed by atoms with Crippen LogP contribution in [0.25, 0.3) is 11.3 Å². The number of nitrogens with one attached hydrogen (secondary N) is 1. The molecule has 31 heavy (non-hydrogen) atoms. The number of alkyl halides is 3. The minimum absolute atomic E-state index is 0.245. The second-order valence-electron chi connectivity index (χ2n) is 6.44. The Morgan fingerprint density at radius 3 is 2.45 bits per heavy atom. The summed E-state index contributed by atoms with van der Waals surface area (Å²) in [5.74, 6) is -1.54. The Morgan fingerprint density at radius 1 is 1.13 bits per heavy atom. The van der Waals surface area contributed by atoms with Gasteiger partial charge in [0.25, 0.3) is 5.56 Å². The molecule has 0 radical (unpaired) electrons. The average Bonchev–Trinajstić information content (AvgIpc) is 2.71. The van der Waals surface area contributed by atoms with Gasteiger partial charge in [-0.2, -0.15) is 13.2 Å². The summed E-state index contributed by atoms with van der Waals surface area (Å²) >= 11 is 0. The SMILES string of the molecule is CCOc1ccc(-c2cc(=O)n(CC(=O)Nc3ccc(F)c(C(F)(F)F)c3)cn2)cc1. The number of carbonyl (C=O) groups is 1. The topological polar surface area (TPSA) is 73.2 Å². The van der Waals surface area contributed by atoms with Crippen LogP contribution in [0.4, 0.5) is 23.2 Å². The van der Waals surface area contributed by atoms with Crippen molar-refractivity contribution in [2.45, 2.75) is 19.6 Å². The van der Waals surface area contributed by atoms with Crippen LogP contribution in [0.15, 0.2) is 59.7 Å². The predicted octanol–water partition coefficient (Wildman–Crippen LogP) is 4.11. The van der Waals surface area contributed by atoms with Gasteiger partial charge in [-0.05, 0) is 49.4 Å². The van der Waals surface area contributed by atoms with Gasteiger partial charge in [0.15, 0.2) is 0 Å². The van der Waals surface area contributed by atoms with Crippen molar-refractivity contribution in [3.63, 3.8) is 0 Å². The summed E-state index contributed by atoms with van der Waals surface area (Å²) in [6, 6.07) is 10.3. The lowest BCUT2D eigenvalue weighted by molar-refractivity contribution is -0.140. The number of ether oxygens (including phenoxy) is 1. The van der Waals surface area contributed by atoms with Crippen LogP contribution in [0.2, 0.25) is 0 Å². The van der Waals surface area contributed by atoms with Crippen LogP contribution in [-0.4, -0.2) is 22.1 Å². The van der Waals surface area contributed by atoms with Gasteiger partial charge in [-0.25, -0.2) is 9.37 Å². The van der Waals surface area contributed by atoms with E-state index >= 15 is 0 Å². The highest BCUT2D eigenvalue weighted by Gasteiger charge is 2.34. The number of rotatable bonds is 6. The second kappa shape index (κ2) is 8.99. The van der Waals surface area contributed by atoms with E-state index in [-0.39, 0.29) is 5.69 Å². The third kappa shape index (κ3) is 5.47. The number of anilines is 1. The van der Waals surface area contributed by atoms with Gasteiger partial charge < -0.3 is 10.1 Å². The standard InChI is InChI=1S/C21H17F4N3O3/c1-2-31-15-6-3-13(4-7-15)18-10-20(30)28(12-26-18)11-19(29)27-14-5-8-17(22)16(9-14)21(23,24)25/h3-10,12H,2,11H2,1H3,(H,27,29). The van der Waals surface area contributed by atoms with Gasteiger partial charge in [0.05, 0.1) is 24.2 Å². The fourth-order valence-corrected chi connectivity index (χ4v) is 2.77. The highest BCUT2D eigenvalue weighted by Crippen LogP contribution is 2.33. The van der Waals surface area contributed by atoms with E-state index in [4.69, 9.17) is 4.74 Å². The van der Waals surface area contributed by atoms with Gasteiger partial charge in [-0.15, -0.1) is 0 Å². The minimum Gasteiger partial charge on any atom is -0.494 e. The third-order valence-corrected chi connectivity index (χ3v) is 4.21. The molecule has 6 nitrogen and oxygen atoms in total. The number of amides is 1. The molecule has 0 unspecified atom stereocenters. The molecule has 10 heteroatoms. The minimum atomic E-state index is -4.90. The summed E-state index contributed by atoms with van der Waals surface area (Å²) in [6.07, 6.45) is -3.73. The zero-order valence-corrected chi connectivity index (χ0v) is 16.2. The number of aromatic nitrogens is 2. The van der Waals surface area contributed by atoms with Gasteiger partial charge in [-0.3, -0.25) is 14.2 Å². The third-order valence-electron chi connectivity index (χ3n) is 4.21. The van der Waals surface area contributed by atoms with Crippen molar-refractivity contribution in [1.82, 2.24) is 9.55 Å². The first-order chi connectivity index (χ1) is 14.7. The fraction of sp³-hybridized carbons (Fsp3) is 0.190. The molecule has 0 aliphatic heterocycles. The van der Waals surface area contributed by atoms with E-state index in [0.29, 0.717) is 35.7 Å². The highest BCUT2D eigenvalue weighted by molar-refractivity contribution is 5.90. The van der Waals surface area contributed by atoms with Crippen LogP contribution >= 0.6 is 0 Å². The number of nitrogens with zero attached hydrogens (tertiary/aromatic N) is 2. The van der Waals surface area contributed by atoms with Crippen molar-refractivity contribution in [3.8, 4) is 17.0 Å². The lowest BCUT2D eigenvalue weighted by atomic mass is 10.1. The molecule has 0 aliphatic carbocycles. The molecular weight excluding hydrogens is 418 g/mol. The van der Waals surface area contributed by atoms with E-state index in [1.54, 1.807) is 24.3 Å². The number of hydrogen-bond acceptors (Lipinski definition) is 4. The van der Waals surface area contributed by atoms with Gasteiger partial charge in [0.2, 0.25) is 5.91 Å². The molecule has 0 aliphatic rings. The lowest BCUT2D eigenvalue weighted by Gasteiger charge is -2.12. The molecule has 1 heterocycles. The van der Waals surface area contributed by atoms with Gasteiger partial charge >= 0.3 is 6.18 Å². The Morgan fingerprint density at radius 2 is 1.84 bits per heavy atom. The number of halogens is 4. The molecule has 1 amide bonds. The number of hydrogen-bond donors (Lipinski definition) is 1. The van der Waals surface area contributed by atoms with Crippen molar-refractivity contribution in [1.29, 1.82) is 0 Å². The molecule has 1 aromatic heterocycles. The molecule has 0 saturated heterocycles. The molecule has 0 fully saturated rings. The maximum Gasteiger partial charge on any atom is 0.419 e. The molecule has 2 aromatic carbocycles. The van der Waals surface area contributed by atoms with E-state index in [9.17, 15) is 27.2 Å². The summed E-state index contributed by atoms with van der Waals surface area (Å²) in [7, 11) is 0. The van der Waals surface area contributed by atoms with Crippen LogP contribution in [0.1, 0.15) is 12.5 Å². The lowest BCUT2D eigenvalue weighted by Crippen LogP contribution is -2.27. The normalized spacial score (nSPS) is 11.3. The zero-order valence-electron chi connectivity index (χ0n) is 16.2. The van der Waals surface area contributed by atoms with Gasteiger partial charge in [0.1, 0.15) is 18.1 Å². The van der Waals surface area contributed by atoms with Crippen molar-refractivity contribution >= 4 is 11.6 Å². The van der Waals surface area contributed by atoms with Crippen molar-refractivity contribution < 1.29 is 27.1 Å². The Hall–Kier alpha value is -3.69. The number of carbonyl (C=O) groups excluding carboxylic acids is 1. The predicted molar refractivity (Wildman–Crippen MR) is 105 cm³/mol. The molecule has 162 valence electrons. The first kappa shape index (κ1) is 22.0. The quantitative estimate of drug-likeness (QED) is 0.592. The zero-order chi connectivity index (χ0) is 22.6. The first-order valence-electron chi connectivity index (χ1n) is 9.13. The van der Waals surface area contributed by atoms with Gasteiger partial charge in [-0.1, -0.05) is 0 Å². The van der Waals surface area contributed by atoms with Crippen LogP contribution in [-0.2, 0) is 17.5 Å². The van der Waals surface area contributed by atoms with E-state index in [2.05, 4.69) is 10.3 Å². The molecule has 3 aromatic rings. The molecule has 3 rings (SSSR count). The monoisotopic (exact) mass is 435 g/mol. The van der Waals surface area contributed by atoms with Crippen LogP contribution < -0.4 is 15.6 Å². The van der Waals surface area contributed by atoms with Crippen LogP contribution in [0.5, 0.6) is 5.75 Å². The Balaban J connectivity index is 1.72. The maximum absolute atomic E-state index is 13.3. The fourth-order valence-electron chi connectivity index (χ4n) is 2.77. The van der Waals surface area contributed by atoms with Crippen molar-refractivity contribution in [3.05, 3.63) is 76.6 Å². The summed E-state index contributed by atoms with van der Waals surface area (Å²) in [6.45, 7) is 1.90. The van der Waals surface area contributed by atoms with Crippen molar-refractivity contribution in [2.24, 2.45) is 0 Å². The van der Waals surface area contributed by atoms with Gasteiger partial charge in [0, 0.05) is 17.3 Å². The van der Waals surface area contributed by atoms with E-state index in [0.717, 1.165) is 10.6 Å². The summed E-state index contributed by atoms with van der Waals surface area (Å²) in [5, 5.41) is 2.21. The van der Waals surface area contributed by atoms with E-state index in [1.165, 1.54) is 12.4 Å². The molecule has 0 saturated carbocycles. The Labute approximate surface area is 174 Å². The number of benzene rings is 2. The largest absolute Gasteiger partial charge is 0.494 e. The van der Waals surface area contributed by atoms with E-state index < -0.39 is 35.6 Å². The second-order valence-corrected chi connectivity index (χ2v) is 6.44. The Bertz CT molecular complexity index is 1140.